The van der Waals surface area contributed by atoms with Crippen molar-refractivity contribution in [3.8, 4) is 17.1 Å². The molecule has 1 saturated heterocycles. The fraction of sp³-hybridized carbons (Fsp3) is 0.560. The van der Waals surface area contributed by atoms with Crippen molar-refractivity contribution < 1.29 is 20.0 Å². The van der Waals surface area contributed by atoms with Crippen LogP contribution in [0, 0.1) is 0 Å². The normalized spacial score (nSPS) is 19.5. The third kappa shape index (κ3) is 5.47. The third-order valence-corrected chi connectivity index (χ3v) is 7.62. The number of aromatic amines is 1. The zero-order chi connectivity index (χ0) is 30.2. The minimum atomic E-state index is -4.15. The van der Waals surface area contributed by atoms with Crippen molar-refractivity contribution in [1.82, 2.24) is 29.4 Å². The summed E-state index contributed by atoms with van der Waals surface area (Å²) in [6.07, 6.45) is 0.297. The number of rotatable bonds is 11. The van der Waals surface area contributed by atoms with Crippen LogP contribution in [-0.4, -0.2) is 65.9 Å². The minimum Gasteiger partial charge on any atom is -0.493 e. The van der Waals surface area contributed by atoms with Crippen LogP contribution < -0.4 is 15.0 Å². The maximum absolute atomic E-state index is 13.3. The molecule has 0 saturated carbocycles. The summed E-state index contributed by atoms with van der Waals surface area (Å²) in [6.45, 7) is 0.404. The Bertz CT molecular complexity index is 1570. The predicted molar refractivity (Wildman–Crippen MR) is 140 cm³/mol. The summed E-state index contributed by atoms with van der Waals surface area (Å²) in [4.78, 5) is 22.1. The molecule has 4 rings (SSSR count). The van der Waals surface area contributed by atoms with Crippen LogP contribution in [-0.2, 0) is 23.5 Å². The van der Waals surface area contributed by atoms with Gasteiger partial charge in [0.2, 0.25) is 10.0 Å². The van der Waals surface area contributed by atoms with E-state index < -0.39 is 41.4 Å². The topological polar surface area (TPSA) is 122 Å². The third-order valence-electron chi connectivity index (χ3n) is 6.22. The molecule has 0 spiro atoms. The second-order valence-electron chi connectivity index (χ2n) is 8.86. The van der Waals surface area contributed by atoms with E-state index >= 15 is 0 Å². The number of hydrogen-bond acceptors (Lipinski definition) is 7. The van der Waals surface area contributed by atoms with Gasteiger partial charge < -0.3 is 14.6 Å². The summed E-state index contributed by atoms with van der Waals surface area (Å²) in [5.41, 5.74) is 0.407. The van der Waals surface area contributed by atoms with Gasteiger partial charge in [-0.15, -0.1) is 0 Å². The van der Waals surface area contributed by atoms with Crippen molar-refractivity contribution in [2.75, 3.05) is 26.7 Å². The number of nitrogens with zero attached hydrogens (tertiary/aromatic N) is 4. The number of ether oxygens (including phenoxy) is 1. The van der Waals surface area contributed by atoms with Gasteiger partial charge in [-0.3, -0.25) is 9.48 Å². The van der Waals surface area contributed by atoms with Crippen molar-refractivity contribution in [2.45, 2.75) is 63.2 Å². The zero-order valence-electron chi connectivity index (χ0n) is 25.8. The Hall–Kier alpha value is -2.76. The van der Waals surface area contributed by atoms with Crippen LogP contribution in [0.3, 0.4) is 0 Å². The molecule has 1 aromatic carbocycles. The number of H-pyrrole nitrogens is 1. The SMILES string of the molecule is [2H]C([2H])([2H])CCc1nn(C)c2c(=O)[nH]c(-c3cc(S(=O)(=O)NCC([2H])([2H])C4CCCN4C)ccc3OCCC)nc12. The number of nitrogens with one attached hydrogen (secondary N) is 2. The van der Waals surface area contributed by atoms with E-state index in [1.165, 1.54) is 22.9 Å². The highest BCUT2D eigenvalue weighted by molar-refractivity contribution is 7.89. The zero-order valence-corrected chi connectivity index (χ0v) is 21.6. The van der Waals surface area contributed by atoms with Gasteiger partial charge in [0, 0.05) is 26.5 Å². The first-order chi connectivity index (χ1) is 19.1. The standard InChI is InChI=1S/C25H36N6O4S/c1-5-8-20-22-23(31(4)29-20)25(32)28-24(27-22)19-16-18(10-11-21(19)35-15-6-2)36(33,34)26-13-12-17-9-7-14-30(17)3/h10-11,16-17,26H,5-9,12-15H2,1-4H3,(H,27,28,32)/i1D3,12D2. The maximum Gasteiger partial charge on any atom is 0.277 e. The minimum absolute atomic E-state index is 0.0386. The van der Waals surface area contributed by atoms with Crippen molar-refractivity contribution in [1.29, 1.82) is 0 Å². The largest absolute Gasteiger partial charge is 0.493 e. The molecule has 1 fully saturated rings. The highest BCUT2D eigenvalue weighted by atomic mass is 32.2. The molecule has 1 aliphatic heterocycles. The van der Waals surface area contributed by atoms with Gasteiger partial charge in [0.15, 0.2) is 5.52 Å². The number of benzene rings is 1. The van der Waals surface area contributed by atoms with E-state index in [1.54, 1.807) is 7.05 Å². The van der Waals surface area contributed by atoms with E-state index in [4.69, 9.17) is 11.6 Å². The molecule has 0 aliphatic carbocycles. The predicted octanol–water partition coefficient (Wildman–Crippen LogP) is 2.83. The smallest absolute Gasteiger partial charge is 0.277 e. The molecule has 1 aliphatic rings. The molecule has 1 atom stereocenters. The number of aryl methyl sites for hydroxylation is 2. The Morgan fingerprint density at radius 2 is 2.17 bits per heavy atom. The van der Waals surface area contributed by atoms with Gasteiger partial charge in [-0.2, -0.15) is 5.10 Å². The molecule has 0 amide bonds. The molecular weight excluding hydrogens is 480 g/mol. The van der Waals surface area contributed by atoms with Crippen LogP contribution in [0.2, 0.25) is 0 Å². The molecular formula is C25H36N6O4S. The number of likely N-dealkylation sites (tertiary alicyclic amines) is 1. The average molecular weight is 522 g/mol. The highest BCUT2D eigenvalue weighted by Gasteiger charge is 2.23. The van der Waals surface area contributed by atoms with Crippen LogP contribution in [0.4, 0.5) is 0 Å². The molecule has 3 heterocycles. The number of sulfonamides is 1. The summed E-state index contributed by atoms with van der Waals surface area (Å²) in [7, 11) is -0.763. The number of fused-ring (bicyclic) bond motifs is 1. The molecule has 3 aromatic rings. The van der Waals surface area contributed by atoms with Crippen molar-refractivity contribution in [3.63, 3.8) is 0 Å². The number of aromatic nitrogens is 4. The van der Waals surface area contributed by atoms with Gasteiger partial charge in [-0.05, 0) is 63.8 Å². The molecule has 11 heteroatoms. The van der Waals surface area contributed by atoms with E-state index in [1.807, 2.05) is 18.9 Å². The van der Waals surface area contributed by atoms with Crippen molar-refractivity contribution >= 4 is 21.1 Å². The van der Waals surface area contributed by atoms with E-state index in [0.29, 0.717) is 30.9 Å². The Balaban J connectivity index is 1.73. The molecule has 2 N–H and O–H groups in total. The fourth-order valence-corrected chi connectivity index (χ4v) is 5.33. The van der Waals surface area contributed by atoms with E-state index in [2.05, 4.69) is 19.8 Å². The van der Waals surface area contributed by atoms with Gasteiger partial charge in [0.1, 0.15) is 17.1 Å². The fourth-order valence-electron chi connectivity index (χ4n) is 4.37. The lowest BCUT2D eigenvalue weighted by atomic mass is 10.1. The Labute approximate surface area is 219 Å². The first-order valence-electron chi connectivity index (χ1n) is 14.6. The van der Waals surface area contributed by atoms with E-state index in [-0.39, 0.29) is 40.2 Å². The molecule has 196 valence electrons. The molecule has 2 aromatic heterocycles. The quantitative estimate of drug-likeness (QED) is 0.398. The Morgan fingerprint density at radius 3 is 2.89 bits per heavy atom. The van der Waals surface area contributed by atoms with Crippen LogP contribution in [0.15, 0.2) is 27.9 Å². The van der Waals surface area contributed by atoms with Crippen LogP contribution >= 0.6 is 0 Å². The summed E-state index contributed by atoms with van der Waals surface area (Å²) in [5.74, 6) is 0.334. The lowest BCUT2D eigenvalue weighted by Crippen LogP contribution is -2.31. The van der Waals surface area contributed by atoms with E-state index in [9.17, 15) is 13.2 Å². The second kappa shape index (κ2) is 11.1. The molecule has 10 nitrogen and oxygen atoms in total. The molecule has 1 unspecified atom stereocenters. The van der Waals surface area contributed by atoms with E-state index in [0.717, 1.165) is 13.0 Å². The van der Waals surface area contributed by atoms with Crippen molar-refractivity contribution in [2.24, 2.45) is 7.05 Å². The van der Waals surface area contributed by atoms with Crippen LogP contribution in [0.1, 0.15) is 58.4 Å². The van der Waals surface area contributed by atoms with Crippen LogP contribution in [0.5, 0.6) is 5.75 Å². The van der Waals surface area contributed by atoms with Gasteiger partial charge in [0.05, 0.1) is 22.8 Å². The first-order valence-corrected chi connectivity index (χ1v) is 13.5. The van der Waals surface area contributed by atoms with Gasteiger partial charge >= 0.3 is 0 Å². The lowest BCUT2D eigenvalue weighted by Gasteiger charge is -2.19. The van der Waals surface area contributed by atoms with Gasteiger partial charge in [-0.1, -0.05) is 20.2 Å². The van der Waals surface area contributed by atoms with Gasteiger partial charge in [-0.25, -0.2) is 18.1 Å². The van der Waals surface area contributed by atoms with Crippen molar-refractivity contribution in [3.05, 3.63) is 34.2 Å². The summed E-state index contributed by atoms with van der Waals surface area (Å²) >= 11 is 0. The number of hydrogen-bond donors (Lipinski definition) is 2. The molecule has 36 heavy (non-hydrogen) atoms. The first kappa shape index (κ1) is 20.3. The lowest BCUT2D eigenvalue weighted by molar-refractivity contribution is 0.297. The average Bonchev–Trinajstić information content (AvgIpc) is 3.48. The van der Waals surface area contributed by atoms with Gasteiger partial charge in [0.25, 0.3) is 5.56 Å². The second-order valence-corrected chi connectivity index (χ2v) is 10.6. The molecule has 0 radical (unpaired) electrons. The Morgan fingerprint density at radius 1 is 1.33 bits per heavy atom. The van der Waals surface area contributed by atoms with Crippen LogP contribution in [0.25, 0.3) is 22.4 Å². The summed E-state index contributed by atoms with van der Waals surface area (Å²) in [6, 6.07) is 3.76. The molecule has 0 bridgehead atoms. The Kier molecular flexibility index (Phi) is 6.26. The maximum atomic E-state index is 13.3. The summed E-state index contributed by atoms with van der Waals surface area (Å²) in [5, 5.41) is 4.31. The highest BCUT2D eigenvalue weighted by Crippen LogP contribution is 2.31. The monoisotopic (exact) mass is 521 g/mol. The summed E-state index contributed by atoms with van der Waals surface area (Å²) < 4.78 is 75.7.